The molecule has 1 fully saturated rings. The predicted molar refractivity (Wildman–Crippen MR) is 84.3 cm³/mol. The molecule has 0 saturated carbocycles. The van der Waals surface area contributed by atoms with Crippen molar-refractivity contribution in [2.75, 3.05) is 13.6 Å². The van der Waals surface area contributed by atoms with Crippen LogP contribution in [0.3, 0.4) is 0 Å². The number of carbonyl (C=O) groups is 2. The molecule has 0 radical (unpaired) electrons. The Bertz CT molecular complexity index is 714. The largest absolute Gasteiger partial charge is 0.340 e. The van der Waals surface area contributed by atoms with Gasteiger partial charge in [-0.1, -0.05) is 6.07 Å². The summed E-state index contributed by atoms with van der Waals surface area (Å²) >= 11 is 1.18. The van der Waals surface area contributed by atoms with Crippen LogP contribution in [-0.4, -0.2) is 50.0 Å². The first-order chi connectivity index (χ1) is 10.6. The van der Waals surface area contributed by atoms with E-state index in [2.05, 4.69) is 8.75 Å². The van der Waals surface area contributed by atoms with Gasteiger partial charge in [-0.3, -0.25) is 9.59 Å². The summed E-state index contributed by atoms with van der Waals surface area (Å²) in [6.45, 7) is 2.98. The van der Waals surface area contributed by atoms with E-state index in [9.17, 15) is 9.59 Å². The molecule has 1 aliphatic heterocycles. The topological polar surface area (TPSA) is 66.4 Å². The molecule has 22 heavy (non-hydrogen) atoms. The maximum Gasteiger partial charge on any atom is 0.245 e. The maximum absolute atomic E-state index is 12.5. The fraction of sp³-hybridized carbons (Fsp3) is 0.467. The number of likely N-dealkylation sites (N-methyl/N-ethyl adjacent to an activating group) is 1. The van der Waals surface area contributed by atoms with Gasteiger partial charge in [0.25, 0.3) is 0 Å². The highest BCUT2D eigenvalue weighted by molar-refractivity contribution is 7.00. The molecule has 1 aliphatic rings. The fourth-order valence-electron chi connectivity index (χ4n) is 2.81. The number of hydrogen-bond donors (Lipinski definition) is 0. The van der Waals surface area contributed by atoms with Crippen molar-refractivity contribution in [2.45, 2.75) is 32.4 Å². The smallest absolute Gasteiger partial charge is 0.245 e. The molecule has 1 saturated heterocycles. The van der Waals surface area contributed by atoms with Gasteiger partial charge in [0.2, 0.25) is 11.8 Å². The standard InChI is InChI=1S/C15H18N4O2S/c1-10(19-7-3-4-14(19)20)15(21)18(2)9-11-5-6-12-13(8-11)17-22-16-12/h5-6,8,10H,3-4,7,9H2,1-2H3/t10-/m1/s1. The third kappa shape index (κ3) is 2.81. The normalized spacial score (nSPS) is 16.3. The highest BCUT2D eigenvalue weighted by Crippen LogP contribution is 2.17. The highest BCUT2D eigenvalue weighted by Gasteiger charge is 2.30. The van der Waals surface area contributed by atoms with Gasteiger partial charge in [0.05, 0.1) is 11.7 Å². The van der Waals surface area contributed by atoms with Gasteiger partial charge in [0.1, 0.15) is 17.1 Å². The number of carbonyl (C=O) groups excluding carboxylic acids is 2. The van der Waals surface area contributed by atoms with Crippen molar-refractivity contribution in [3.05, 3.63) is 23.8 Å². The molecule has 0 bridgehead atoms. The van der Waals surface area contributed by atoms with Gasteiger partial charge in [-0.2, -0.15) is 8.75 Å². The average molecular weight is 318 g/mol. The molecule has 6 nitrogen and oxygen atoms in total. The Morgan fingerprint density at radius 1 is 1.41 bits per heavy atom. The maximum atomic E-state index is 12.5. The average Bonchev–Trinajstić information content (AvgIpc) is 3.13. The number of benzene rings is 1. The van der Waals surface area contributed by atoms with E-state index < -0.39 is 6.04 Å². The third-order valence-corrected chi connectivity index (χ3v) is 4.61. The zero-order valence-electron chi connectivity index (χ0n) is 12.7. The number of aromatic nitrogens is 2. The van der Waals surface area contributed by atoms with Crippen LogP contribution >= 0.6 is 11.7 Å². The van der Waals surface area contributed by atoms with Gasteiger partial charge in [-0.05, 0) is 31.0 Å². The second-order valence-corrected chi connectivity index (χ2v) is 6.18. The lowest BCUT2D eigenvalue weighted by Crippen LogP contribution is -2.46. The van der Waals surface area contributed by atoms with Crippen LogP contribution in [-0.2, 0) is 16.1 Å². The van der Waals surface area contributed by atoms with Crippen molar-refractivity contribution in [1.29, 1.82) is 0 Å². The van der Waals surface area contributed by atoms with Crippen LogP contribution in [0.15, 0.2) is 18.2 Å². The summed E-state index contributed by atoms with van der Waals surface area (Å²) in [4.78, 5) is 27.6. The van der Waals surface area contributed by atoms with E-state index >= 15 is 0 Å². The lowest BCUT2D eigenvalue weighted by molar-refractivity contribution is -0.142. The van der Waals surface area contributed by atoms with E-state index in [4.69, 9.17) is 0 Å². The minimum Gasteiger partial charge on any atom is -0.340 e. The Morgan fingerprint density at radius 3 is 2.91 bits per heavy atom. The molecule has 3 rings (SSSR count). The Hall–Kier alpha value is -2.02. The van der Waals surface area contributed by atoms with Crippen LogP contribution in [0.25, 0.3) is 11.0 Å². The summed E-state index contributed by atoms with van der Waals surface area (Å²) in [6.07, 6.45) is 1.39. The van der Waals surface area contributed by atoms with E-state index in [1.807, 2.05) is 18.2 Å². The number of likely N-dealkylation sites (tertiary alicyclic amines) is 1. The zero-order valence-corrected chi connectivity index (χ0v) is 13.5. The van der Waals surface area contributed by atoms with E-state index in [0.717, 1.165) is 23.0 Å². The second-order valence-electron chi connectivity index (χ2n) is 5.65. The summed E-state index contributed by atoms with van der Waals surface area (Å²) in [5, 5.41) is 0. The zero-order chi connectivity index (χ0) is 15.7. The second kappa shape index (κ2) is 6.00. The number of amides is 2. The predicted octanol–water partition coefficient (Wildman–Crippen LogP) is 1.66. The Balaban J connectivity index is 1.68. The molecule has 1 aromatic heterocycles. The molecule has 7 heteroatoms. The Kier molecular flexibility index (Phi) is 4.06. The molecule has 1 atom stereocenters. The number of hydrogen-bond acceptors (Lipinski definition) is 5. The van der Waals surface area contributed by atoms with Gasteiger partial charge >= 0.3 is 0 Å². The fourth-order valence-corrected chi connectivity index (χ4v) is 3.33. The summed E-state index contributed by atoms with van der Waals surface area (Å²) in [5.74, 6) is 0.0379. The summed E-state index contributed by atoms with van der Waals surface area (Å²) < 4.78 is 8.38. The van der Waals surface area contributed by atoms with Gasteiger partial charge < -0.3 is 9.80 Å². The van der Waals surface area contributed by atoms with Crippen molar-refractivity contribution in [3.63, 3.8) is 0 Å². The van der Waals surface area contributed by atoms with E-state index in [1.165, 1.54) is 11.7 Å². The van der Waals surface area contributed by atoms with Crippen LogP contribution in [0.5, 0.6) is 0 Å². The number of fused-ring (bicyclic) bond motifs is 1. The van der Waals surface area contributed by atoms with Gasteiger partial charge in [0, 0.05) is 26.6 Å². The molecule has 116 valence electrons. The van der Waals surface area contributed by atoms with Gasteiger partial charge in [-0.25, -0.2) is 0 Å². The summed E-state index contributed by atoms with van der Waals surface area (Å²) in [7, 11) is 1.77. The van der Waals surface area contributed by atoms with E-state index in [0.29, 0.717) is 19.5 Å². The SMILES string of the molecule is C[C@H](C(=O)N(C)Cc1ccc2nsnc2c1)N1CCCC1=O. The highest BCUT2D eigenvalue weighted by atomic mass is 32.1. The van der Waals surface area contributed by atoms with Crippen LogP contribution in [0.4, 0.5) is 0 Å². The molecular weight excluding hydrogens is 300 g/mol. The Morgan fingerprint density at radius 2 is 2.18 bits per heavy atom. The number of nitrogens with zero attached hydrogens (tertiary/aromatic N) is 4. The summed E-state index contributed by atoms with van der Waals surface area (Å²) in [6, 6.07) is 5.43. The van der Waals surface area contributed by atoms with Crippen LogP contribution in [0.1, 0.15) is 25.3 Å². The Labute approximate surface area is 133 Å². The molecule has 2 amide bonds. The first-order valence-corrected chi connectivity index (χ1v) is 8.05. The van der Waals surface area contributed by atoms with Crippen LogP contribution in [0.2, 0.25) is 0 Å². The molecule has 2 aromatic rings. The van der Waals surface area contributed by atoms with Crippen LogP contribution in [0, 0.1) is 0 Å². The molecule has 0 aliphatic carbocycles. The third-order valence-electron chi connectivity index (χ3n) is 4.05. The molecule has 2 heterocycles. The first-order valence-electron chi connectivity index (χ1n) is 7.32. The minimum atomic E-state index is -0.398. The quantitative estimate of drug-likeness (QED) is 0.860. The minimum absolute atomic E-state index is 0.0354. The van der Waals surface area contributed by atoms with Gasteiger partial charge in [0.15, 0.2) is 0 Å². The monoisotopic (exact) mass is 318 g/mol. The van der Waals surface area contributed by atoms with Crippen molar-refractivity contribution >= 4 is 34.6 Å². The lowest BCUT2D eigenvalue weighted by Gasteiger charge is -2.28. The summed E-state index contributed by atoms with van der Waals surface area (Å²) in [5.41, 5.74) is 2.74. The van der Waals surface area contributed by atoms with E-state index in [1.54, 1.807) is 23.8 Å². The van der Waals surface area contributed by atoms with Crippen molar-refractivity contribution in [1.82, 2.24) is 18.5 Å². The molecular formula is C15H18N4O2S. The van der Waals surface area contributed by atoms with Crippen molar-refractivity contribution in [3.8, 4) is 0 Å². The number of rotatable bonds is 4. The molecule has 0 spiro atoms. The first kappa shape index (κ1) is 14.9. The van der Waals surface area contributed by atoms with E-state index in [-0.39, 0.29) is 11.8 Å². The molecule has 0 unspecified atom stereocenters. The molecule has 1 aromatic carbocycles. The van der Waals surface area contributed by atoms with Crippen molar-refractivity contribution in [2.24, 2.45) is 0 Å². The van der Waals surface area contributed by atoms with Gasteiger partial charge in [-0.15, -0.1) is 0 Å². The van der Waals surface area contributed by atoms with Crippen molar-refractivity contribution < 1.29 is 9.59 Å². The molecule has 0 N–H and O–H groups in total. The van der Waals surface area contributed by atoms with Crippen LogP contribution < -0.4 is 0 Å². The lowest BCUT2D eigenvalue weighted by atomic mass is 10.1.